The van der Waals surface area contributed by atoms with E-state index in [1.807, 2.05) is 11.8 Å². The molecule has 1 amide bonds. The van der Waals surface area contributed by atoms with Crippen molar-refractivity contribution in [2.45, 2.75) is 19.9 Å². The van der Waals surface area contributed by atoms with E-state index in [0.717, 1.165) is 0 Å². The normalized spacial score (nSPS) is 14.7. The maximum Gasteiger partial charge on any atom is 0.253 e. The number of aromatic nitrogens is 2. The first-order chi connectivity index (χ1) is 15.4. The zero-order valence-electron chi connectivity index (χ0n) is 18.1. The molecule has 0 radical (unpaired) electrons. The molecule has 3 N–H and O–H groups in total. The van der Waals surface area contributed by atoms with Gasteiger partial charge in [-0.3, -0.25) is 19.3 Å². The summed E-state index contributed by atoms with van der Waals surface area (Å²) in [6.07, 6.45) is 0.592. The van der Waals surface area contributed by atoms with Crippen molar-refractivity contribution >= 4 is 22.6 Å². The van der Waals surface area contributed by atoms with Gasteiger partial charge in [-0.05, 0) is 36.8 Å². The Balaban J connectivity index is 1.46. The Labute approximate surface area is 184 Å². The van der Waals surface area contributed by atoms with Crippen LogP contribution in [0.1, 0.15) is 28.4 Å². The Kier molecular flexibility index (Phi) is 6.09. The lowest BCUT2D eigenvalue weighted by Crippen LogP contribution is -2.46. The molecule has 1 fully saturated rings. The molecule has 0 spiro atoms. The van der Waals surface area contributed by atoms with Crippen LogP contribution in [0.5, 0.6) is 0 Å². The molecule has 9 heteroatoms. The molecule has 1 aliphatic heterocycles. The van der Waals surface area contributed by atoms with Gasteiger partial charge in [-0.25, -0.2) is 4.39 Å². The van der Waals surface area contributed by atoms with Gasteiger partial charge in [-0.2, -0.15) is 0 Å². The zero-order valence-corrected chi connectivity index (χ0v) is 18.1. The number of piperazine rings is 1. The summed E-state index contributed by atoms with van der Waals surface area (Å²) in [5, 5.41) is 2.49. The number of nitrogens with one attached hydrogen (secondary N) is 3. The highest BCUT2D eigenvalue weighted by atomic mass is 19.1. The summed E-state index contributed by atoms with van der Waals surface area (Å²) in [4.78, 5) is 46.1. The van der Waals surface area contributed by atoms with Crippen molar-refractivity contribution in [1.29, 1.82) is 0 Å². The number of carbonyl (C=O) groups excluding carboxylic acids is 1. The van der Waals surface area contributed by atoms with Crippen molar-refractivity contribution in [2.75, 3.05) is 38.1 Å². The highest BCUT2D eigenvalue weighted by Crippen LogP contribution is 2.22. The van der Waals surface area contributed by atoms with E-state index in [4.69, 9.17) is 0 Å². The minimum atomic E-state index is -0.430. The smallest absolute Gasteiger partial charge is 0.253 e. The molecule has 2 aromatic heterocycles. The number of fused-ring (bicyclic) bond motifs is 1. The molecule has 0 bridgehead atoms. The van der Waals surface area contributed by atoms with Crippen LogP contribution in [0.15, 0.2) is 39.9 Å². The van der Waals surface area contributed by atoms with Crippen LogP contribution in [0.2, 0.25) is 0 Å². The van der Waals surface area contributed by atoms with Crippen LogP contribution in [-0.4, -0.2) is 54.0 Å². The van der Waals surface area contributed by atoms with Crippen LogP contribution < -0.4 is 21.3 Å². The number of benzene rings is 1. The number of hydrogen-bond donors (Lipinski definition) is 3. The number of aryl methyl sites for hydroxylation is 1. The fourth-order valence-electron chi connectivity index (χ4n) is 4.06. The summed E-state index contributed by atoms with van der Waals surface area (Å²) in [5.74, 6) is -0.755. The number of hydrogen-bond acceptors (Lipinski definition) is 5. The molecular weight excluding hydrogens is 413 g/mol. The van der Waals surface area contributed by atoms with E-state index in [0.29, 0.717) is 67.0 Å². The second-order valence-electron chi connectivity index (χ2n) is 7.94. The second-order valence-corrected chi connectivity index (χ2v) is 7.94. The molecule has 0 saturated carbocycles. The Hall–Kier alpha value is -3.46. The van der Waals surface area contributed by atoms with E-state index >= 15 is 0 Å². The average molecular weight is 439 g/mol. The monoisotopic (exact) mass is 439 g/mol. The van der Waals surface area contributed by atoms with Crippen LogP contribution in [-0.2, 0) is 13.0 Å². The van der Waals surface area contributed by atoms with E-state index in [9.17, 15) is 18.8 Å². The third-order valence-corrected chi connectivity index (χ3v) is 5.93. The molecule has 0 unspecified atom stereocenters. The predicted octanol–water partition coefficient (Wildman–Crippen LogP) is 1.60. The van der Waals surface area contributed by atoms with Gasteiger partial charge in [0.1, 0.15) is 5.82 Å². The van der Waals surface area contributed by atoms with Crippen molar-refractivity contribution in [3.8, 4) is 0 Å². The van der Waals surface area contributed by atoms with Gasteiger partial charge < -0.3 is 20.2 Å². The Morgan fingerprint density at radius 1 is 1.00 bits per heavy atom. The van der Waals surface area contributed by atoms with E-state index < -0.39 is 5.82 Å². The molecule has 168 valence electrons. The molecule has 0 aliphatic carbocycles. The summed E-state index contributed by atoms with van der Waals surface area (Å²) in [7, 11) is 1.51. The SMILES string of the molecule is CCc1cc2[nH]c(=O)c(CN3CCN(c4ccc(C(=O)NC)cc4F)CC3)cc2[nH]c1=O. The Morgan fingerprint density at radius 3 is 2.22 bits per heavy atom. The quantitative estimate of drug-likeness (QED) is 0.561. The summed E-state index contributed by atoms with van der Waals surface area (Å²) in [6, 6.07) is 7.95. The lowest BCUT2D eigenvalue weighted by atomic mass is 10.1. The Morgan fingerprint density at radius 2 is 1.62 bits per heavy atom. The highest BCUT2D eigenvalue weighted by Gasteiger charge is 2.21. The molecule has 1 aliphatic rings. The minimum absolute atomic E-state index is 0.143. The molecule has 3 aromatic rings. The van der Waals surface area contributed by atoms with E-state index in [1.165, 1.54) is 13.1 Å². The van der Waals surface area contributed by atoms with Crippen molar-refractivity contribution in [1.82, 2.24) is 20.2 Å². The van der Waals surface area contributed by atoms with Gasteiger partial charge in [-0.1, -0.05) is 6.92 Å². The maximum atomic E-state index is 14.6. The maximum absolute atomic E-state index is 14.6. The molecule has 4 rings (SSSR count). The van der Waals surface area contributed by atoms with Gasteiger partial charge in [0.05, 0.1) is 16.7 Å². The molecule has 3 heterocycles. The number of rotatable bonds is 5. The lowest BCUT2D eigenvalue weighted by Gasteiger charge is -2.36. The van der Waals surface area contributed by atoms with Crippen molar-refractivity contribution in [2.24, 2.45) is 0 Å². The second kappa shape index (κ2) is 8.96. The van der Waals surface area contributed by atoms with Gasteiger partial charge in [0, 0.05) is 56.5 Å². The molecule has 0 atom stereocenters. The van der Waals surface area contributed by atoms with Crippen LogP contribution in [0.4, 0.5) is 10.1 Å². The lowest BCUT2D eigenvalue weighted by molar-refractivity contribution is 0.0962. The van der Waals surface area contributed by atoms with Crippen LogP contribution in [0.3, 0.4) is 0 Å². The zero-order chi connectivity index (χ0) is 22.8. The van der Waals surface area contributed by atoms with E-state index in [1.54, 1.807) is 24.3 Å². The first kappa shape index (κ1) is 21.8. The standard InChI is InChI=1S/C23H26FN5O3/c1-3-14-11-18-19(26-22(14)31)12-16(23(32)27-18)13-28-6-8-29(9-7-28)20-5-4-15(10-17(20)24)21(30)25-2/h4-5,10-12H,3,6-9,13H2,1-2H3,(H,25,30)(H,26,31)(H,27,32). The molecule has 1 aromatic carbocycles. The van der Waals surface area contributed by atoms with Crippen LogP contribution >= 0.6 is 0 Å². The summed E-state index contributed by atoms with van der Waals surface area (Å²) < 4.78 is 14.6. The summed E-state index contributed by atoms with van der Waals surface area (Å²) in [6.45, 7) is 4.83. The first-order valence-corrected chi connectivity index (χ1v) is 10.7. The fraction of sp³-hybridized carbons (Fsp3) is 0.348. The number of H-pyrrole nitrogens is 2. The van der Waals surface area contributed by atoms with Gasteiger partial charge in [0.15, 0.2) is 0 Å². The third kappa shape index (κ3) is 4.29. The van der Waals surface area contributed by atoms with E-state index in [2.05, 4.69) is 20.2 Å². The predicted molar refractivity (Wildman–Crippen MR) is 122 cm³/mol. The number of anilines is 1. The largest absolute Gasteiger partial charge is 0.367 e. The molecule has 1 saturated heterocycles. The Bertz CT molecular complexity index is 1270. The fourth-order valence-corrected chi connectivity index (χ4v) is 4.06. The van der Waals surface area contributed by atoms with Gasteiger partial charge >= 0.3 is 0 Å². The highest BCUT2D eigenvalue weighted by molar-refractivity contribution is 5.94. The molecule has 32 heavy (non-hydrogen) atoms. The van der Waals surface area contributed by atoms with E-state index in [-0.39, 0.29) is 22.6 Å². The third-order valence-electron chi connectivity index (χ3n) is 5.93. The number of pyridine rings is 2. The summed E-state index contributed by atoms with van der Waals surface area (Å²) in [5.41, 5.74) is 2.87. The average Bonchev–Trinajstić information content (AvgIpc) is 2.79. The number of carbonyl (C=O) groups is 1. The number of nitrogens with zero attached hydrogens (tertiary/aromatic N) is 2. The van der Waals surface area contributed by atoms with Crippen molar-refractivity contribution in [3.63, 3.8) is 0 Å². The number of halogens is 1. The number of amides is 1. The topological polar surface area (TPSA) is 101 Å². The summed E-state index contributed by atoms with van der Waals surface area (Å²) >= 11 is 0. The minimum Gasteiger partial charge on any atom is -0.367 e. The van der Waals surface area contributed by atoms with Crippen molar-refractivity contribution in [3.05, 3.63) is 73.5 Å². The van der Waals surface area contributed by atoms with Crippen molar-refractivity contribution < 1.29 is 9.18 Å². The van der Waals surface area contributed by atoms with Gasteiger partial charge in [0.2, 0.25) is 0 Å². The number of aromatic amines is 2. The molecular formula is C23H26FN5O3. The first-order valence-electron chi connectivity index (χ1n) is 10.7. The van der Waals surface area contributed by atoms with Crippen LogP contribution in [0.25, 0.3) is 11.0 Å². The van der Waals surface area contributed by atoms with Gasteiger partial charge in [0.25, 0.3) is 17.0 Å². The van der Waals surface area contributed by atoms with Gasteiger partial charge in [-0.15, -0.1) is 0 Å². The van der Waals surface area contributed by atoms with Crippen LogP contribution in [0, 0.1) is 5.82 Å². The molecule has 8 nitrogen and oxygen atoms in total.